The van der Waals surface area contributed by atoms with Crippen LogP contribution in [0.1, 0.15) is 20.8 Å². The molecule has 2 aromatic rings. The van der Waals surface area contributed by atoms with Gasteiger partial charge in [0.15, 0.2) is 0 Å². The molecule has 0 aliphatic carbocycles. The van der Waals surface area contributed by atoms with Gasteiger partial charge in [-0.3, -0.25) is 14.5 Å². The first kappa shape index (κ1) is 17.8. The number of amides is 2. The number of fused-ring (bicyclic) bond motifs is 1. The molecule has 25 heavy (non-hydrogen) atoms. The molecule has 1 aliphatic heterocycles. The highest BCUT2D eigenvalue weighted by Crippen LogP contribution is 2.38. The minimum Gasteiger partial charge on any atom is -0.322 e. The predicted octanol–water partition coefficient (Wildman–Crippen LogP) is 4.58. The minimum atomic E-state index is -0.964. The molecule has 0 spiro atoms. The number of hydrogen-bond donors (Lipinski definition) is 1. The maximum absolute atomic E-state index is 13.2. The van der Waals surface area contributed by atoms with Crippen LogP contribution < -0.4 is 10.2 Å². The van der Waals surface area contributed by atoms with Crippen molar-refractivity contribution in [1.29, 1.82) is 0 Å². The summed E-state index contributed by atoms with van der Waals surface area (Å²) in [5.74, 6) is -0.309. The number of halogens is 1. The maximum atomic E-state index is 13.2. The van der Waals surface area contributed by atoms with Crippen LogP contribution in [-0.4, -0.2) is 22.6 Å². The van der Waals surface area contributed by atoms with Gasteiger partial charge in [-0.05, 0) is 51.1 Å². The molecule has 1 heterocycles. The summed E-state index contributed by atoms with van der Waals surface area (Å²) < 4.78 is 0. The Labute approximate surface area is 156 Å². The fourth-order valence-electron chi connectivity index (χ4n) is 2.82. The number of anilines is 2. The molecule has 6 heteroatoms. The van der Waals surface area contributed by atoms with E-state index in [1.54, 1.807) is 30.9 Å². The molecule has 0 fully saturated rings. The van der Waals surface area contributed by atoms with Crippen molar-refractivity contribution >= 4 is 46.6 Å². The fraction of sp³-hybridized carbons (Fsp3) is 0.263. The molecule has 1 atom stereocenters. The second kappa shape index (κ2) is 6.73. The van der Waals surface area contributed by atoms with Crippen LogP contribution in [0.5, 0.6) is 0 Å². The Morgan fingerprint density at radius 3 is 2.64 bits per heavy atom. The number of hydrogen-bond acceptors (Lipinski definition) is 3. The van der Waals surface area contributed by atoms with Crippen molar-refractivity contribution < 1.29 is 9.59 Å². The van der Waals surface area contributed by atoms with Crippen molar-refractivity contribution in [2.45, 2.75) is 36.5 Å². The summed E-state index contributed by atoms with van der Waals surface area (Å²) >= 11 is 7.46. The van der Waals surface area contributed by atoms with Crippen molar-refractivity contribution in [3.63, 3.8) is 0 Å². The molecule has 0 radical (unpaired) electrons. The quantitative estimate of drug-likeness (QED) is 0.799. The fourth-order valence-corrected chi connectivity index (χ4v) is 4.04. The third-order valence-corrected chi connectivity index (χ3v) is 5.50. The second-order valence-electron chi connectivity index (χ2n) is 6.42. The smallest absolute Gasteiger partial charge is 0.250 e. The highest BCUT2D eigenvalue weighted by atomic mass is 35.5. The zero-order valence-electron chi connectivity index (χ0n) is 14.2. The van der Waals surface area contributed by atoms with Crippen molar-refractivity contribution in [1.82, 2.24) is 0 Å². The first-order valence-corrected chi connectivity index (χ1v) is 9.23. The molecule has 0 saturated heterocycles. The molecule has 1 aliphatic rings. The zero-order valence-corrected chi connectivity index (χ0v) is 15.8. The summed E-state index contributed by atoms with van der Waals surface area (Å²) in [6, 6.07) is 14.8. The molecular formula is C19H19ClN2O2S. The summed E-state index contributed by atoms with van der Waals surface area (Å²) in [7, 11) is 0. The van der Waals surface area contributed by atoms with Gasteiger partial charge >= 0.3 is 0 Å². The number of carbonyl (C=O) groups excluding carboxylic acids is 2. The SMILES string of the molecule is CC(Sc1cccc(Cl)c1)C(=O)N1c2ccccc2NC(=O)C1(C)C. The molecule has 1 unspecified atom stereocenters. The summed E-state index contributed by atoms with van der Waals surface area (Å²) in [5.41, 5.74) is 0.407. The van der Waals surface area contributed by atoms with E-state index in [4.69, 9.17) is 11.6 Å². The maximum Gasteiger partial charge on any atom is 0.250 e. The van der Waals surface area contributed by atoms with Crippen molar-refractivity contribution in [3.05, 3.63) is 53.6 Å². The van der Waals surface area contributed by atoms with Crippen LogP contribution in [-0.2, 0) is 9.59 Å². The Balaban J connectivity index is 1.93. The third kappa shape index (κ3) is 3.39. The summed E-state index contributed by atoms with van der Waals surface area (Å²) in [5, 5.41) is 3.14. The standard InChI is InChI=1S/C19H19ClN2O2S/c1-12(25-14-8-6-7-13(20)11-14)17(23)22-16-10-5-4-9-15(16)21-18(24)19(22,2)3/h4-12H,1-3H3,(H,21,24). The molecule has 0 aromatic heterocycles. The topological polar surface area (TPSA) is 49.4 Å². The predicted molar refractivity (Wildman–Crippen MR) is 103 cm³/mol. The number of nitrogens with zero attached hydrogens (tertiary/aromatic N) is 1. The average Bonchev–Trinajstić information content (AvgIpc) is 2.55. The van der Waals surface area contributed by atoms with Gasteiger partial charge in [0, 0.05) is 9.92 Å². The highest BCUT2D eigenvalue weighted by Gasteiger charge is 2.44. The van der Waals surface area contributed by atoms with Gasteiger partial charge in [-0.1, -0.05) is 29.8 Å². The average molecular weight is 375 g/mol. The Bertz CT molecular complexity index is 838. The Hall–Kier alpha value is -1.98. The lowest BCUT2D eigenvalue weighted by atomic mass is 9.96. The van der Waals surface area contributed by atoms with Crippen molar-refractivity contribution in [2.24, 2.45) is 0 Å². The molecule has 2 aromatic carbocycles. The zero-order chi connectivity index (χ0) is 18.2. The largest absolute Gasteiger partial charge is 0.322 e. The van der Waals surface area contributed by atoms with Gasteiger partial charge in [-0.25, -0.2) is 0 Å². The van der Waals surface area contributed by atoms with Gasteiger partial charge in [-0.2, -0.15) is 0 Å². The molecule has 130 valence electrons. The molecule has 2 amide bonds. The van der Waals surface area contributed by atoms with Crippen LogP contribution >= 0.6 is 23.4 Å². The van der Waals surface area contributed by atoms with Crippen molar-refractivity contribution in [3.8, 4) is 0 Å². The third-order valence-electron chi connectivity index (χ3n) is 4.18. The van der Waals surface area contributed by atoms with E-state index in [0.717, 1.165) is 10.6 Å². The summed E-state index contributed by atoms with van der Waals surface area (Å²) in [4.78, 5) is 28.2. The molecular weight excluding hydrogens is 356 g/mol. The van der Waals surface area contributed by atoms with E-state index in [9.17, 15) is 9.59 Å². The lowest BCUT2D eigenvalue weighted by Crippen LogP contribution is -2.60. The van der Waals surface area contributed by atoms with Crippen LogP contribution in [0, 0.1) is 0 Å². The van der Waals surface area contributed by atoms with Crippen LogP contribution in [0.4, 0.5) is 11.4 Å². The Kier molecular flexibility index (Phi) is 4.80. The van der Waals surface area contributed by atoms with E-state index >= 15 is 0 Å². The number of para-hydroxylation sites is 2. The molecule has 0 saturated carbocycles. The normalized spacial score (nSPS) is 16.8. The van der Waals surface area contributed by atoms with Gasteiger partial charge in [-0.15, -0.1) is 11.8 Å². The summed E-state index contributed by atoms with van der Waals surface area (Å²) in [6.45, 7) is 5.36. The molecule has 4 nitrogen and oxygen atoms in total. The van der Waals surface area contributed by atoms with Gasteiger partial charge in [0.25, 0.3) is 0 Å². The van der Waals surface area contributed by atoms with Gasteiger partial charge < -0.3 is 5.32 Å². The van der Waals surface area contributed by atoms with E-state index in [-0.39, 0.29) is 17.1 Å². The molecule has 0 bridgehead atoms. The van der Waals surface area contributed by atoms with E-state index in [1.165, 1.54) is 11.8 Å². The highest BCUT2D eigenvalue weighted by molar-refractivity contribution is 8.00. The van der Waals surface area contributed by atoms with E-state index in [2.05, 4.69) is 5.32 Å². The minimum absolute atomic E-state index is 0.114. The Morgan fingerprint density at radius 1 is 1.20 bits per heavy atom. The van der Waals surface area contributed by atoms with E-state index in [1.807, 2.05) is 43.3 Å². The van der Waals surface area contributed by atoms with Crippen LogP contribution in [0.2, 0.25) is 5.02 Å². The van der Waals surface area contributed by atoms with E-state index in [0.29, 0.717) is 10.7 Å². The van der Waals surface area contributed by atoms with Crippen LogP contribution in [0.15, 0.2) is 53.4 Å². The van der Waals surface area contributed by atoms with Crippen molar-refractivity contribution in [2.75, 3.05) is 10.2 Å². The lowest BCUT2D eigenvalue weighted by molar-refractivity contribution is -0.126. The first-order valence-electron chi connectivity index (χ1n) is 7.97. The number of thioether (sulfide) groups is 1. The van der Waals surface area contributed by atoms with Gasteiger partial charge in [0.05, 0.1) is 16.6 Å². The number of benzene rings is 2. The summed E-state index contributed by atoms with van der Waals surface area (Å²) in [6.07, 6.45) is 0. The van der Waals surface area contributed by atoms with Gasteiger partial charge in [0.2, 0.25) is 11.8 Å². The number of carbonyl (C=O) groups is 2. The molecule has 3 rings (SSSR count). The number of nitrogens with one attached hydrogen (secondary N) is 1. The molecule has 1 N–H and O–H groups in total. The monoisotopic (exact) mass is 374 g/mol. The second-order valence-corrected chi connectivity index (χ2v) is 8.27. The van der Waals surface area contributed by atoms with Crippen LogP contribution in [0.25, 0.3) is 0 Å². The number of rotatable bonds is 3. The first-order chi connectivity index (χ1) is 11.8. The van der Waals surface area contributed by atoms with Gasteiger partial charge in [0.1, 0.15) is 5.54 Å². The van der Waals surface area contributed by atoms with Crippen LogP contribution in [0.3, 0.4) is 0 Å². The van der Waals surface area contributed by atoms with E-state index < -0.39 is 5.54 Å². The lowest BCUT2D eigenvalue weighted by Gasteiger charge is -2.43. The Morgan fingerprint density at radius 2 is 1.92 bits per heavy atom.